The highest BCUT2D eigenvalue weighted by Crippen LogP contribution is 2.59. The van der Waals surface area contributed by atoms with E-state index in [1.54, 1.807) is 0 Å². The van der Waals surface area contributed by atoms with Gasteiger partial charge in [0.15, 0.2) is 9.84 Å². The largest absolute Gasteiger partial charge is 0.435 e. The number of nitrogens with zero attached hydrogens (tertiary/aromatic N) is 1. The summed E-state index contributed by atoms with van der Waals surface area (Å²) in [6.45, 7) is 1.35. The third kappa shape index (κ3) is 4.79. The summed E-state index contributed by atoms with van der Waals surface area (Å²) in [5.74, 6) is -1.20. The number of benzene rings is 2. The van der Waals surface area contributed by atoms with Crippen molar-refractivity contribution < 1.29 is 53.1 Å². The molecule has 47 heavy (non-hydrogen) atoms. The lowest BCUT2D eigenvalue weighted by Crippen LogP contribution is -2.61. The van der Waals surface area contributed by atoms with Crippen molar-refractivity contribution in [2.45, 2.75) is 104 Å². The van der Waals surface area contributed by atoms with Crippen LogP contribution in [0.5, 0.6) is 0 Å². The van der Waals surface area contributed by atoms with Gasteiger partial charge in [0.1, 0.15) is 10.6 Å². The van der Waals surface area contributed by atoms with Gasteiger partial charge in [-0.3, -0.25) is 9.59 Å². The van der Waals surface area contributed by atoms with Gasteiger partial charge in [-0.1, -0.05) is 18.2 Å². The lowest BCUT2D eigenvalue weighted by atomic mass is 9.56. The summed E-state index contributed by atoms with van der Waals surface area (Å²) in [5.41, 5.74) is -9.00. The van der Waals surface area contributed by atoms with Crippen LogP contribution in [0.1, 0.15) is 75.0 Å². The molecule has 2 amide bonds. The fourth-order valence-electron chi connectivity index (χ4n) is 8.67. The molecule has 1 saturated heterocycles. The van der Waals surface area contributed by atoms with Gasteiger partial charge >= 0.3 is 18.0 Å². The van der Waals surface area contributed by atoms with Gasteiger partial charge < -0.3 is 10.2 Å². The molecule has 2 aromatic carbocycles. The van der Waals surface area contributed by atoms with Gasteiger partial charge in [-0.05, 0) is 93.2 Å². The zero-order chi connectivity index (χ0) is 34.4. The topological polar surface area (TPSA) is 83.6 Å². The van der Waals surface area contributed by atoms with Gasteiger partial charge in [0.2, 0.25) is 11.8 Å². The quantitative estimate of drug-likeness (QED) is 0.284. The number of halogens is 8. The summed E-state index contributed by atoms with van der Waals surface area (Å²) in [4.78, 5) is 27.4. The minimum absolute atomic E-state index is 0.0676. The fourth-order valence-corrected chi connectivity index (χ4v) is 11.0. The first-order valence-electron chi connectivity index (χ1n) is 15.3. The Balaban J connectivity index is 1.45. The van der Waals surface area contributed by atoms with Crippen molar-refractivity contribution in [3.8, 4) is 0 Å². The van der Waals surface area contributed by atoms with Crippen LogP contribution in [0.2, 0.25) is 0 Å². The standard InChI is InChI=1S/C32H32F8N2O4S/c1-19(43)41-28-13-10-27(11-14-28,12-15-28)26(44)42-17-16-29(47(45,46)23-6-4-22(33)5-7-23)24-8-3-21(18-20(24)2-9-25(29)42)30(34,31(35,36)37)32(38,39)40/h3-8,18,25H,2,9-17H2,1H3,(H,41,43)/t25-,27?,28?,29-/m0/s1. The first-order valence-corrected chi connectivity index (χ1v) is 16.8. The SMILES string of the molecule is CC(=O)NC12CCC(C(=O)N3CC[C@]4(S(=O)(=O)c5ccc(F)cc5)c5ccc(C(F)(C(F)(F)F)C(F)(F)F)cc5CC[C@H]34)(CC1)CC2. The molecule has 2 bridgehead atoms. The molecular formula is C32H32F8N2O4S. The Morgan fingerprint density at radius 2 is 1.43 bits per heavy atom. The van der Waals surface area contributed by atoms with Gasteiger partial charge in [0.05, 0.1) is 10.9 Å². The molecule has 256 valence electrons. The molecule has 1 N–H and O–H groups in total. The van der Waals surface area contributed by atoms with E-state index in [2.05, 4.69) is 5.32 Å². The molecule has 4 fully saturated rings. The number of aryl methyl sites for hydroxylation is 1. The van der Waals surface area contributed by atoms with Crippen LogP contribution in [0.15, 0.2) is 47.4 Å². The molecule has 5 aliphatic rings. The normalized spacial score (nSPS) is 29.3. The minimum Gasteiger partial charge on any atom is -0.351 e. The third-order valence-corrected chi connectivity index (χ3v) is 13.6. The summed E-state index contributed by atoms with van der Waals surface area (Å²) in [6.07, 6.45) is -10.3. The highest BCUT2D eigenvalue weighted by Gasteiger charge is 2.74. The number of hydrogen-bond acceptors (Lipinski definition) is 4. The van der Waals surface area contributed by atoms with Gasteiger partial charge in [0, 0.05) is 30.0 Å². The second kappa shape index (κ2) is 10.6. The van der Waals surface area contributed by atoms with Crippen LogP contribution in [0.3, 0.4) is 0 Å². The molecule has 0 spiro atoms. The van der Waals surface area contributed by atoms with Crippen LogP contribution >= 0.6 is 0 Å². The molecule has 0 aromatic heterocycles. The predicted octanol–water partition coefficient (Wildman–Crippen LogP) is 6.56. The van der Waals surface area contributed by atoms with Crippen LogP contribution in [0.4, 0.5) is 35.1 Å². The van der Waals surface area contributed by atoms with Crippen molar-refractivity contribution >= 4 is 21.7 Å². The van der Waals surface area contributed by atoms with Crippen molar-refractivity contribution in [1.29, 1.82) is 0 Å². The van der Waals surface area contributed by atoms with Crippen LogP contribution in [-0.4, -0.2) is 55.6 Å². The minimum atomic E-state index is -6.36. The van der Waals surface area contributed by atoms with E-state index in [1.807, 2.05) is 0 Å². The van der Waals surface area contributed by atoms with E-state index in [0.29, 0.717) is 50.7 Å². The number of carbonyl (C=O) groups excluding carboxylic acids is 2. The summed E-state index contributed by atoms with van der Waals surface area (Å²) in [5, 5.41) is 3.01. The second-order valence-corrected chi connectivity index (χ2v) is 15.6. The number of carbonyl (C=O) groups is 2. The van der Waals surface area contributed by atoms with Crippen LogP contribution < -0.4 is 5.32 Å². The number of amides is 2. The van der Waals surface area contributed by atoms with Gasteiger partial charge in [-0.25, -0.2) is 17.2 Å². The number of rotatable bonds is 5. The van der Waals surface area contributed by atoms with Crippen LogP contribution in [0.25, 0.3) is 0 Å². The highest BCUT2D eigenvalue weighted by atomic mass is 32.2. The van der Waals surface area contributed by atoms with Gasteiger partial charge in [-0.15, -0.1) is 0 Å². The molecule has 2 aromatic rings. The Bertz CT molecular complexity index is 1680. The van der Waals surface area contributed by atoms with Crippen molar-refractivity contribution in [3.63, 3.8) is 0 Å². The number of sulfone groups is 1. The maximum atomic E-state index is 15.1. The lowest BCUT2D eigenvalue weighted by Gasteiger charge is -2.54. The van der Waals surface area contributed by atoms with E-state index in [-0.39, 0.29) is 53.6 Å². The Kier molecular flexibility index (Phi) is 7.62. The van der Waals surface area contributed by atoms with Crippen LogP contribution in [-0.2, 0) is 36.3 Å². The predicted molar refractivity (Wildman–Crippen MR) is 152 cm³/mol. The summed E-state index contributed by atoms with van der Waals surface area (Å²) in [6, 6.07) is 4.37. The van der Waals surface area contributed by atoms with Crippen molar-refractivity contribution in [2.75, 3.05) is 6.54 Å². The molecule has 4 aliphatic carbocycles. The first-order chi connectivity index (χ1) is 21.7. The van der Waals surface area contributed by atoms with E-state index in [9.17, 15) is 48.7 Å². The van der Waals surface area contributed by atoms with E-state index < -0.39 is 61.0 Å². The molecule has 7 rings (SSSR count). The van der Waals surface area contributed by atoms with E-state index in [1.165, 1.54) is 11.8 Å². The molecule has 2 atom stereocenters. The van der Waals surface area contributed by atoms with Crippen molar-refractivity contribution in [2.24, 2.45) is 5.41 Å². The second-order valence-electron chi connectivity index (χ2n) is 13.4. The summed E-state index contributed by atoms with van der Waals surface area (Å²) >= 11 is 0. The molecule has 6 nitrogen and oxygen atoms in total. The van der Waals surface area contributed by atoms with E-state index in [0.717, 1.165) is 30.3 Å². The molecule has 1 aliphatic heterocycles. The van der Waals surface area contributed by atoms with Gasteiger partial charge in [-0.2, -0.15) is 26.3 Å². The van der Waals surface area contributed by atoms with Crippen molar-refractivity contribution in [3.05, 3.63) is 65.0 Å². The Hall–Kier alpha value is -3.23. The molecule has 0 unspecified atom stereocenters. The van der Waals surface area contributed by atoms with E-state index in [4.69, 9.17) is 0 Å². The van der Waals surface area contributed by atoms with E-state index >= 15 is 4.39 Å². The molecule has 15 heteroatoms. The zero-order valence-corrected chi connectivity index (χ0v) is 26.0. The maximum Gasteiger partial charge on any atom is 0.435 e. The molecule has 0 radical (unpaired) electrons. The molecular weight excluding hydrogens is 660 g/mol. The highest BCUT2D eigenvalue weighted by molar-refractivity contribution is 7.92. The summed E-state index contributed by atoms with van der Waals surface area (Å²) in [7, 11) is -4.58. The average Bonchev–Trinajstić information content (AvgIpc) is 3.41. The third-order valence-electron chi connectivity index (χ3n) is 11.1. The number of hydrogen-bond donors (Lipinski definition) is 1. The first kappa shape index (κ1) is 33.7. The summed E-state index contributed by atoms with van der Waals surface area (Å²) < 4.78 is 138. The average molecular weight is 693 g/mol. The Morgan fingerprint density at radius 1 is 0.851 bits per heavy atom. The zero-order valence-electron chi connectivity index (χ0n) is 25.2. The maximum absolute atomic E-state index is 15.1. The Labute approximate surface area is 265 Å². The smallest absolute Gasteiger partial charge is 0.351 e. The molecule has 1 heterocycles. The number of likely N-dealkylation sites (tertiary alicyclic amines) is 1. The fraction of sp³-hybridized carbons (Fsp3) is 0.562. The monoisotopic (exact) mass is 692 g/mol. The number of fused-ring (bicyclic) bond motifs is 6. The van der Waals surface area contributed by atoms with Gasteiger partial charge in [0.25, 0.3) is 0 Å². The number of alkyl halides is 7. The number of nitrogens with one attached hydrogen (secondary N) is 1. The Morgan fingerprint density at radius 3 is 1.96 bits per heavy atom. The van der Waals surface area contributed by atoms with Crippen molar-refractivity contribution in [1.82, 2.24) is 10.2 Å². The lowest BCUT2D eigenvalue weighted by molar-refractivity contribution is -0.348. The molecule has 3 saturated carbocycles. The van der Waals surface area contributed by atoms with Crippen LogP contribution in [0, 0.1) is 11.2 Å².